The van der Waals surface area contributed by atoms with Crippen LogP contribution in [0.3, 0.4) is 0 Å². The van der Waals surface area contributed by atoms with E-state index in [0.29, 0.717) is 30.6 Å². The largest absolute Gasteiger partial charge is 0.345 e. The lowest BCUT2D eigenvalue weighted by molar-refractivity contribution is -0.129. The summed E-state index contributed by atoms with van der Waals surface area (Å²) in [5.41, 5.74) is 2.45. The van der Waals surface area contributed by atoms with E-state index in [4.69, 9.17) is 0 Å². The molecule has 4 rings (SSSR count). The molecule has 2 amide bonds. The number of fused-ring (bicyclic) bond motifs is 1. The normalized spacial score (nSPS) is 12.8. The number of hydrogen-bond acceptors (Lipinski definition) is 5. The lowest BCUT2D eigenvalue weighted by atomic mass is 10.00. The molecule has 0 atom stereocenters. The van der Waals surface area contributed by atoms with Crippen molar-refractivity contribution in [3.05, 3.63) is 89.5 Å². The van der Waals surface area contributed by atoms with Crippen LogP contribution >= 0.6 is 11.8 Å². The van der Waals surface area contributed by atoms with Gasteiger partial charge in [-0.05, 0) is 29.7 Å². The Morgan fingerprint density at radius 2 is 1.88 bits per heavy atom. The Hall–Kier alpha value is -3.46. The van der Waals surface area contributed by atoms with Crippen LogP contribution in [-0.2, 0) is 30.8 Å². The van der Waals surface area contributed by atoms with E-state index >= 15 is 0 Å². The van der Waals surface area contributed by atoms with Crippen LogP contribution in [0.2, 0.25) is 0 Å². The Kier molecular flexibility index (Phi) is 7.19. The number of amides is 2. The molecule has 3 aromatic rings. The molecular formula is C24H24FN5O2S. The van der Waals surface area contributed by atoms with Crippen LogP contribution in [0.4, 0.5) is 4.39 Å². The quantitative estimate of drug-likeness (QED) is 0.408. The Labute approximate surface area is 195 Å². The first kappa shape index (κ1) is 22.7. The summed E-state index contributed by atoms with van der Waals surface area (Å²) in [5, 5.41) is 11.6. The third kappa shape index (κ3) is 5.31. The molecule has 1 aliphatic rings. The molecule has 0 spiro atoms. The summed E-state index contributed by atoms with van der Waals surface area (Å²) in [6.07, 6.45) is 2.55. The summed E-state index contributed by atoms with van der Waals surface area (Å²) in [4.78, 5) is 27.0. The zero-order valence-electron chi connectivity index (χ0n) is 18.0. The Morgan fingerprint density at radius 1 is 1.12 bits per heavy atom. The molecule has 0 radical (unpaired) electrons. The number of hydrogen-bond donors (Lipinski definition) is 1. The van der Waals surface area contributed by atoms with Crippen molar-refractivity contribution in [1.82, 2.24) is 25.0 Å². The molecule has 0 unspecified atom stereocenters. The fourth-order valence-electron chi connectivity index (χ4n) is 3.70. The van der Waals surface area contributed by atoms with Crippen LogP contribution in [0, 0.1) is 5.82 Å². The average Bonchev–Trinajstić information content (AvgIpc) is 3.22. The highest BCUT2D eigenvalue weighted by Gasteiger charge is 2.22. The van der Waals surface area contributed by atoms with Crippen molar-refractivity contribution in [3.63, 3.8) is 0 Å². The van der Waals surface area contributed by atoms with Gasteiger partial charge in [0, 0.05) is 19.6 Å². The fourth-order valence-corrected chi connectivity index (χ4v) is 4.56. The molecule has 2 aromatic carbocycles. The Bertz CT molecular complexity index is 1180. The number of carbonyl (C=O) groups is 2. The number of allylic oxidation sites excluding steroid dienone is 1. The van der Waals surface area contributed by atoms with Gasteiger partial charge in [0.05, 0.1) is 17.9 Å². The number of aromatic nitrogens is 3. The molecule has 1 aromatic heterocycles. The molecule has 170 valence electrons. The molecule has 1 N–H and O–H groups in total. The zero-order valence-corrected chi connectivity index (χ0v) is 18.9. The number of rotatable bonds is 8. The maximum Gasteiger partial charge on any atom is 0.254 e. The third-order valence-electron chi connectivity index (χ3n) is 5.44. The van der Waals surface area contributed by atoms with Gasteiger partial charge < -0.3 is 14.8 Å². The second-order valence-electron chi connectivity index (χ2n) is 7.58. The Balaban J connectivity index is 1.37. The fraction of sp³-hybridized carbons (Fsp3) is 0.250. The molecule has 7 nitrogen and oxygen atoms in total. The summed E-state index contributed by atoms with van der Waals surface area (Å²) >= 11 is 1.30. The molecule has 2 heterocycles. The van der Waals surface area contributed by atoms with Crippen molar-refractivity contribution >= 4 is 23.6 Å². The van der Waals surface area contributed by atoms with Crippen molar-refractivity contribution in [2.24, 2.45) is 0 Å². The summed E-state index contributed by atoms with van der Waals surface area (Å²) in [6.45, 7) is 5.57. The standard InChI is InChI=1S/C24H24FN5O2S/c1-2-12-30-21(14-26-23(32)19-9-5-6-10-20(19)25)27-28-24(30)33-16-22(31)29-13-11-17-7-3-4-8-18(17)15-29/h2-10H,1,11-16H2,(H,26,32). The van der Waals surface area contributed by atoms with E-state index in [9.17, 15) is 14.0 Å². The van der Waals surface area contributed by atoms with Crippen molar-refractivity contribution in [3.8, 4) is 0 Å². The van der Waals surface area contributed by atoms with Crippen LogP contribution in [-0.4, -0.2) is 43.8 Å². The maximum atomic E-state index is 13.8. The third-order valence-corrected chi connectivity index (χ3v) is 6.39. The van der Waals surface area contributed by atoms with Crippen LogP contribution < -0.4 is 5.32 Å². The van der Waals surface area contributed by atoms with Crippen LogP contribution in [0.25, 0.3) is 0 Å². The molecule has 1 aliphatic heterocycles. The number of halogens is 1. The number of nitrogens with one attached hydrogen (secondary N) is 1. The first-order valence-electron chi connectivity index (χ1n) is 10.6. The second kappa shape index (κ2) is 10.4. The number of nitrogens with zero attached hydrogens (tertiary/aromatic N) is 4. The minimum atomic E-state index is -0.586. The van der Waals surface area contributed by atoms with Gasteiger partial charge in [0.2, 0.25) is 5.91 Å². The highest BCUT2D eigenvalue weighted by atomic mass is 32.2. The SMILES string of the molecule is C=CCn1c(CNC(=O)c2ccccc2F)nnc1SCC(=O)N1CCc2ccccc2C1. The summed E-state index contributed by atoms with van der Waals surface area (Å²) in [6, 6.07) is 14.0. The Morgan fingerprint density at radius 3 is 2.67 bits per heavy atom. The van der Waals surface area contributed by atoms with E-state index in [2.05, 4.69) is 34.2 Å². The lowest BCUT2D eigenvalue weighted by Crippen LogP contribution is -2.37. The molecular weight excluding hydrogens is 441 g/mol. The average molecular weight is 466 g/mol. The molecule has 33 heavy (non-hydrogen) atoms. The maximum absolute atomic E-state index is 13.8. The van der Waals surface area contributed by atoms with Crippen LogP contribution in [0.5, 0.6) is 0 Å². The monoisotopic (exact) mass is 465 g/mol. The van der Waals surface area contributed by atoms with E-state index in [0.717, 1.165) is 6.42 Å². The summed E-state index contributed by atoms with van der Waals surface area (Å²) < 4.78 is 15.6. The first-order chi connectivity index (χ1) is 16.1. The first-order valence-corrected chi connectivity index (χ1v) is 11.6. The van der Waals surface area contributed by atoms with Gasteiger partial charge in [-0.3, -0.25) is 9.59 Å². The van der Waals surface area contributed by atoms with Crippen LogP contribution in [0.15, 0.2) is 66.3 Å². The van der Waals surface area contributed by atoms with Crippen molar-refractivity contribution in [2.75, 3.05) is 12.3 Å². The van der Waals surface area contributed by atoms with Gasteiger partial charge in [-0.1, -0.05) is 54.2 Å². The molecule has 9 heteroatoms. The van der Waals surface area contributed by atoms with Gasteiger partial charge in [-0.15, -0.1) is 16.8 Å². The van der Waals surface area contributed by atoms with Gasteiger partial charge in [0.15, 0.2) is 11.0 Å². The smallest absolute Gasteiger partial charge is 0.254 e. The minimum absolute atomic E-state index is 0.0319. The van der Waals surface area contributed by atoms with Gasteiger partial charge in [-0.2, -0.15) is 0 Å². The number of benzene rings is 2. The molecule has 0 saturated carbocycles. The van der Waals surface area contributed by atoms with Crippen LogP contribution in [0.1, 0.15) is 27.3 Å². The minimum Gasteiger partial charge on any atom is -0.345 e. The van der Waals surface area contributed by atoms with E-state index < -0.39 is 11.7 Å². The predicted octanol–water partition coefficient (Wildman–Crippen LogP) is 3.21. The van der Waals surface area contributed by atoms with Crippen molar-refractivity contribution < 1.29 is 14.0 Å². The van der Waals surface area contributed by atoms with Gasteiger partial charge in [-0.25, -0.2) is 4.39 Å². The van der Waals surface area contributed by atoms with Gasteiger partial charge in [0.1, 0.15) is 5.82 Å². The second-order valence-corrected chi connectivity index (χ2v) is 8.53. The van der Waals surface area contributed by atoms with Crippen molar-refractivity contribution in [1.29, 1.82) is 0 Å². The summed E-state index contributed by atoms with van der Waals surface area (Å²) in [5.74, 6) is -0.342. The highest BCUT2D eigenvalue weighted by Crippen LogP contribution is 2.22. The van der Waals surface area contributed by atoms with E-state index in [-0.39, 0.29) is 23.8 Å². The van der Waals surface area contributed by atoms with Gasteiger partial charge in [0.25, 0.3) is 5.91 Å². The molecule has 0 fully saturated rings. The number of thioether (sulfide) groups is 1. The number of carbonyl (C=O) groups excluding carboxylic acids is 2. The zero-order chi connectivity index (χ0) is 23.2. The summed E-state index contributed by atoms with van der Waals surface area (Å²) in [7, 11) is 0. The topological polar surface area (TPSA) is 80.1 Å². The molecule has 0 saturated heterocycles. The lowest BCUT2D eigenvalue weighted by Gasteiger charge is -2.28. The van der Waals surface area contributed by atoms with E-state index in [1.165, 1.54) is 41.1 Å². The van der Waals surface area contributed by atoms with E-state index in [1.54, 1.807) is 16.7 Å². The molecule has 0 aliphatic carbocycles. The molecule has 0 bridgehead atoms. The van der Waals surface area contributed by atoms with E-state index in [1.807, 2.05) is 17.0 Å². The van der Waals surface area contributed by atoms with Gasteiger partial charge >= 0.3 is 0 Å². The predicted molar refractivity (Wildman–Crippen MR) is 124 cm³/mol. The highest BCUT2D eigenvalue weighted by molar-refractivity contribution is 7.99. The van der Waals surface area contributed by atoms with Crippen molar-refractivity contribution in [2.45, 2.75) is 31.2 Å².